The van der Waals surface area contributed by atoms with Crippen LogP contribution in [0.2, 0.25) is 16.6 Å². The van der Waals surface area contributed by atoms with Crippen LogP contribution in [0.4, 0.5) is 5.69 Å². The number of rotatable bonds is 10. The smallest absolute Gasteiger partial charge is 0.375 e. The highest BCUT2D eigenvalue weighted by Crippen LogP contribution is 2.54. The van der Waals surface area contributed by atoms with E-state index in [1.165, 1.54) is 0 Å². The Morgan fingerprint density at radius 1 is 0.900 bits per heavy atom. The van der Waals surface area contributed by atoms with E-state index in [0.29, 0.717) is 23.0 Å². The summed E-state index contributed by atoms with van der Waals surface area (Å²) < 4.78 is 18.5. The molecular formula is C33H45NO5Si. The van der Waals surface area contributed by atoms with Gasteiger partial charge < -0.3 is 19.2 Å². The molecule has 0 amide bonds. The van der Waals surface area contributed by atoms with Gasteiger partial charge in [-0.3, -0.25) is 4.79 Å². The Hall–Kier alpha value is -3.06. The third-order valence-corrected chi connectivity index (χ3v) is 14.7. The Labute approximate surface area is 240 Å². The van der Waals surface area contributed by atoms with E-state index in [1.807, 2.05) is 48.5 Å². The van der Waals surface area contributed by atoms with Crippen molar-refractivity contribution in [1.29, 1.82) is 0 Å². The summed E-state index contributed by atoms with van der Waals surface area (Å²) in [5.41, 5.74) is 5.02. The molecule has 0 radical (unpaired) electrons. The summed E-state index contributed by atoms with van der Waals surface area (Å²) in [5, 5.41) is 3.62. The molecule has 4 rings (SSSR count). The Bertz CT molecular complexity index is 1250. The van der Waals surface area contributed by atoms with Crippen LogP contribution < -0.4 is 10.1 Å². The lowest BCUT2D eigenvalue weighted by atomic mass is 9.70. The number of carbonyl (C=O) groups excluding carboxylic acids is 2. The molecule has 2 aromatic carbocycles. The van der Waals surface area contributed by atoms with Crippen LogP contribution >= 0.6 is 0 Å². The molecule has 6 nitrogen and oxygen atoms in total. The number of carbonyl (C=O) groups is 2. The van der Waals surface area contributed by atoms with E-state index in [-0.39, 0.29) is 12.0 Å². The first kappa shape index (κ1) is 29.9. The number of Topliss-reactive ketones (excluding diaryl/α,β-unsaturated/α-hetero) is 1. The van der Waals surface area contributed by atoms with E-state index in [9.17, 15) is 9.59 Å². The first-order valence-corrected chi connectivity index (χ1v) is 16.7. The van der Waals surface area contributed by atoms with Crippen molar-refractivity contribution in [1.82, 2.24) is 0 Å². The Morgan fingerprint density at radius 3 is 2.08 bits per heavy atom. The normalized spacial score (nSPS) is 20.5. The van der Waals surface area contributed by atoms with Gasteiger partial charge in [0, 0.05) is 29.2 Å². The molecule has 3 atom stereocenters. The lowest BCUT2D eigenvalue weighted by Crippen LogP contribution is -2.49. The fourth-order valence-corrected chi connectivity index (χ4v) is 12.4. The first-order chi connectivity index (χ1) is 18.9. The number of esters is 1. The summed E-state index contributed by atoms with van der Waals surface area (Å²) in [6.45, 7) is 17.2. The molecule has 0 spiro atoms. The van der Waals surface area contributed by atoms with E-state index in [4.69, 9.17) is 13.9 Å². The third-order valence-electron chi connectivity index (χ3n) is 8.72. The predicted octanol–water partition coefficient (Wildman–Crippen LogP) is 7.72. The highest BCUT2D eigenvalue weighted by Gasteiger charge is 2.53. The molecule has 1 aliphatic heterocycles. The number of methoxy groups -OCH3 is 1. The average Bonchev–Trinajstić information content (AvgIpc) is 3.29. The van der Waals surface area contributed by atoms with Gasteiger partial charge in [0.05, 0.1) is 30.9 Å². The number of ketones is 1. The SMILES string of the molecule is COc1ccc2c(c1)C1=C(O[Si](C(C)C)(C(C)C)C(C)C)C[C@H](c3ccccc3)[C@@H](C(=O)C(=O)OC(C)C)[C@@H]1N2. The van der Waals surface area contributed by atoms with Gasteiger partial charge in [0.15, 0.2) is 0 Å². The van der Waals surface area contributed by atoms with Crippen molar-refractivity contribution < 1.29 is 23.5 Å². The number of hydrogen-bond donors (Lipinski definition) is 1. The topological polar surface area (TPSA) is 73.9 Å². The molecule has 1 N–H and O–H groups in total. The number of benzene rings is 2. The fraction of sp³-hybridized carbons (Fsp3) is 0.515. The standard InChI is InChI=1S/C33H45NO5Si/c1-19(2)38-33(36)32(35)30-25(23-13-11-10-12-14-23)18-28(39-40(20(3)4,21(5)6)22(7)8)29-26-17-24(37-9)15-16-27(26)34-31(29)30/h10-17,19-22,25,30-31,34H,18H2,1-9H3/t25-,30-,31-/m1/s1. The monoisotopic (exact) mass is 563 g/mol. The number of allylic oxidation sites excluding steroid dienone is 1. The molecule has 0 bridgehead atoms. The summed E-state index contributed by atoms with van der Waals surface area (Å²) in [7, 11) is -0.680. The zero-order chi connectivity index (χ0) is 29.4. The second kappa shape index (κ2) is 11.8. The lowest BCUT2D eigenvalue weighted by Gasteiger charge is -2.46. The van der Waals surface area contributed by atoms with E-state index in [2.05, 4.69) is 46.9 Å². The molecule has 2 aliphatic rings. The van der Waals surface area contributed by atoms with Crippen LogP contribution in [0, 0.1) is 5.92 Å². The predicted molar refractivity (Wildman–Crippen MR) is 163 cm³/mol. The first-order valence-electron chi connectivity index (χ1n) is 14.6. The molecular weight excluding hydrogens is 518 g/mol. The van der Waals surface area contributed by atoms with E-state index < -0.39 is 32.0 Å². The largest absolute Gasteiger partial charge is 0.545 e. The minimum atomic E-state index is -2.33. The van der Waals surface area contributed by atoms with Crippen LogP contribution in [0.25, 0.3) is 5.57 Å². The van der Waals surface area contributed by atoms with Gasteiger partial charge in [-0.1, -0.05) is 71.9 Å². The van der Waals surface area contributed by atoms with Crippen molar-refractivity contribution in [2.45, 2.75) is 96.5 Å². The summed E-state index contributed by atoms with van der Waals surface area (Å²) in [4.78, 5) is 27.1. The quantitative estimate of drug-likeness (QED) is 0.181. The van der Waals surface area contributed by atoms with Crippen molar-refractivity contribution in [2.75, 3.05) is 12.4 Å². The molecule has 7 heteroatoms. The summed E-state index contributed by atoms with van der Waals surface area (Å²) in [6.07, 6.45) is 0.150. The van der Waals surface area contributed by atoms with Crippen LogP contribution in [0.5, 0.6) is 5.75 Å². The fourth-order valence-electron chi connectivity index (χ4n) is 7.10. The summed E-state index contributed by atoms with van der Waals surface area (Å²) in [6, 6.07) is 15.5. The Morgan fingerprint density at radius 2 is 1.52 bits per heavy atom. The highest BCUT2D eigenvalue weighted by molar-refractivity contribution is 6.78. The molecule has 216 valence electrons. The van der Waals surface area contributed by atoms with Crippen molar-refractivity contribution in [3.63, 3.8) is 0 Å². The molecule has 0 aromatic heterocycles. The minimum absolute atomic E-state index is 0.251. The number of ether oxygens (including phenoxy) is 2. The van der Waals surface area contributed by atoms with Gasteiger partial charge in [-0.15, -0.1) is 0 Å². The van der Waals surface area contributed by atoms with Crippen LogP contribution in [0.3, 0.4) is 0 Å². The maximum atomic E-state index is 14.0. The molecule has 0 fully saturated rings. The van der Waals surface area contributed by atoms with Gasteiger partial charge >= 0.3 is 5.97 Å². The maximum Gasteiger partial charge on any atom is 0.375 e. The van der Waals surface area contributed by atoms with E-state index in [1.54, 1.807) is 21.0 Å². The molecule has 1 aliphatic carbocycles. The van der Waals surface area contributed by atoms with Crippen molar-refractivity contribution in [3.05, 3.63) is 65.4 Å². The lowest BCUT2D eigenvalue weighted by molar-refractivity contribution is -0.159. The minimum Gasteiger partial charge on any atom is -0.545 e. The zero-order valence-electron chi connectivity index (χ0n) is 25.4. The van der Waals surface area contributed by atoms with Gasteiger partial charge in [0.25, 0.3) is 8.32 Å². The number of hydrogen-bond acceptors (Lipinski definition) is 6. The molecule has 40 heavy (non-hydrogen) atoms. The third kappa shape index (κ3) is 5.32. The second-order valence-electron chi connectivity index (χ2n) is 12.4. The van der Waals surface area contributed by atoms with Crippen molar-refractivity contribution >= 4 is 31.3 Å². The molecule has 0 saturated carbocycles. The van der Waals surface area contributed by atoms with Crippen LogP contribution in [-0.4, -0.2) is 39.3 Å². The van der Waals surface area contributed by atoms with Crippen LogP contribution in [0.15, 0.2) is 54.3 Å². The van der Waals surface area contributed by atoms with Gasteiger partial charge in [0.2, 0.25) is 5.78 Å². The molecule has 0 saturated heterocycles. The molecule has 1 heterocycles. The number of anilines is 1. The second-order valence-corrected chi connectivity index (χ2v) is 17.7. The summed E-state index contributed by atoms with van der Waals surface area (Å²) >= 11 is 0. The van der Waals surface area contributed by atoms with Gasteiger partial charge in [-0.2, -0.15) is 0 Å². The maximum absolute atomic E-state index is 14.0. The van der Waals surface area contributed by atoms with Crippen LogP contribution in [0.1, 0.15) is 78.9 Å². The Balaban J connectivity index is 1.96. The van der Waals surface area contributed by atoms with Gasteiger partial charge in [0.1, 0.15) is 5.75 Å². The average molecular weight is 564 g/mol. The van der Waals surface area contributed by atoms with Crippen molar-refractivity contribution in [2.24, 2.45) is 5.92 Å². The highest BCUT2D eigenvalue weighted by atomic mass is 28.4. The van der Waals surface area contributed by atoms with E-state index >= 15 is 0 Å². The molecule has 0 unspecified atom stereocenters. The van der Waals surface area contributed by atoms with Crippen molar-refractivity contribution in [3.8, 4) is 5.75 Å². The number of fused-ring (bicyclic) bond motifs is 3. The molecule has 2 aromatic rings. The zero-order valence-corrected chi connectivity index (χ0v) is 26.4. The Kier molecular flexibility index (Phi) is 8.83. The van der Waals surface area contributed by atoms with Gasteiger partial charge in [-0.05, 0) is 54.2 Å². The van der Waals surface area contributed by atoms with Crippen LogP contribution in [-0.2, 0) is 18.8 Å². The van der Waals surface area contributed by atoms with E-state index in [0.717, 1.165) is 33.9 Å². The number of nitrogens with one attached hydrogen (secondary N) is 1. The van der Waals surface area contributed by atoms with Gasteiger partial charge in [-0.25, -0.2) is 4.79 Å². The summed E-state index contributed by atoms with van der Waals surface area (Å²) in [5.74, 6) is -0.517.